The van der Waals surface area contributed by atoms with Crippen molar-refractivity contribution in [1.82, 2.24) is 0 Å². The van der Waals surface area contributed by atoms with Gasteiger partial charge in [0.25, 0.3) is 0 Å². The fraction of sp³-hybridized carbons (Fsp3) is 0.154. The average molecular weight is 285 g/mol. The number of hydrogen-bond donors (Lipinski definition) is 1. The summed E-state index contributed by atoms with van der Waals surface area (Å²) in [6, 6.07) is 6.06. The van der Waals surface area contributed by atoms with Crippen LogP contribution in [0.25, 0.3) is 10.8 Å². The third kappa shape index (κ3) is 2.37. The number of esters is 1. The molecule has 2 aromatic carbocycles. The smallest absolute Gasteiger partial charge is 0.338 e. The first-order valence-corrected chi connectivity index (χ1v) is 6.07. The van der Waals surface area contributed by atoms with Crippen molar-refractivity contribution < 1.29 is 14.6 Å². The Morgan fingerprint density at radius 1 is 1.22 bits per heavy atom. The topological polar surface area (TPSA) is 46.5 Å². The molecule has 0 aliphatic heterocycles. The van der Waals surface area contributed by atoms with Gasteiger partial charge in [0, 0.05) is 15.8 Å². The maximum Gasteiger partial charge on any atom is 0.338 e. The van der Waals surface area contributed by atoms with Crippen molar-refractivity contribution in [3.05, 3.63) is 39.9 Å². The van der Waals surface area contributed by atoms with Crippen LogP contribution in [0.2, 0.25) is 10.0 Å². The number of halogens is 2. The molecule has 0 aliphatic carbocycles. The maximum absolute atomic E-state index is 11.6. The number of carbonyl (C=O) groups is 1. The molecule has 0 saturated carbocycles. The Labute approximate surface area is 114 Å². The van der Waals surface area contributed by atoms with Gasteiger partial charge in [-0.1, -0.05) is 23.2 Å². The zero-order valence-electron chi connectivity index (χ0n) is 9.54. The monoisotopic (exact) mass is 284 g/mol. The molecular formula is C13H10Cl2O3. The number of benzene rings is 2. The highest BCUT2D eigenvalue weighted by Crippen LogP contribution is 2.34. The standard InChI is InChI=1S/C13H10Cl2O3/c1-2-18-13(17)7-3-9-10(12(16)4-7)5-8(14)6-11(9)15/h3-6,16H,2H2,1H3. The van der Waals surface area contributed by atoms with E-state index in [1.165, 1.54) is 6.07 Å². The predicted molar refractivity (Wildman–Crippen MR) is 71.6 cm³/mol. The predicted octanol–water partition coefficient (Wildman–Crippen LogP) is 4.03. The number of aromatic hydroxyl groups is 1. The molecular weight excluding hydrogens is 275 g/mol. The molecule has 1 N–H and O–H groups in total. The Hall–Kier alpha value is -1.45. The van der Waals surface area contributed by atoms with Crippen molar-refractivity contribution in [2.24, 2.45) is 0 Å². The Morgan fingerprint density at radius 3 is 2.61 bits per heavy atom. The Balaban J connectivity index is 2.65. The Kier molecular flexibility index (Phi) is 3.64. The van der Waals surface area contributed by atoms with Gasteiger partial charge in [-0.2, -0.15) is 0 Å². The summed E-state index contributed by atoms with van der Waals surface area (Å²) >= 11 is 11.9. The molecule has 0 amide bonds. The number of carbonyl (C=O) groups excluding carboxylic acids is 1. The fourth-order valence-electron chi connectivity index (χ4n) is 1.70. The molecule has 0 heterocycles. The highest BCUT2D eigenvalue weighted by atomic mass is 35.5. The molecule has 2 aromatic rings. The van der Waals surface area contributed by atoms with Crippen LogP contribution in [0.3, 0.4) is 0 Å². The van der Waals surface area contributed by atoms with E-state index in [-0.39, 0.29) is 17.9 Å². The fourth-order valence-corrected chi connectivity index (χ4v) is 2.25. The van der Waals surface area contributed by atoms with E-state index >= 15 is 0 Å². The normalized spacial score (nSPS) is 10.6. The molecule has 3 nitrogen and oxygen atoms in total. The quantitative estimate of drug-likeness (QED) is 0.847. The van der Waals surface area contributed by atoms with Crippen molar-refractivity contribution in [1.29, 1.82) is 0 Å². The van der Waals surface area contributed by atoms with Gasteiger partial charge in [-0.15, -0.1) is 0 Å². The van der Waals surface area contributed by atoms with Crippen LogP contribution in [0.5, 0.6) is 5.75 Å². The molecule has 0 unspecified atom stereocenters. The minimum Gasteiger partial charge on any atom is -0.507 e. The molecule has 0 fully saturated rings. The summed E-state index contributed by atoms with van der Waals surface area (Å²) in [6.45, 7) is 1.98. The Bertz CT molecular complexity index is 623. The van der Waals surface area contributed by atoms with E-state index < -0.39 is 5.97 Å². The largest absolute Gasteiger partial charge is 0.507 e. The molecule has 18 heavy (non-hydrogen) atoms. The van der Waals surface area contributed by atoms with Crippen LogP contribution in [0.4, 0.5) is 0 Å². The summed E-state index contributed by atoms with van der Waals surface area (Å²) < 4.78 is 4.88. The number of hydrogen-bond acceptors (Lipinski definition) is 3. The van der Waals surface area contributed by atoms with Gasteiger partial charge in [-0.05, 0) is 31.2 Å². The van der Waals surface area contributed by atoms with Gasteiger partial charge in [0.05, 0.1) is 17.2 Å². The van der Waals surface area contributed by atoms with E-state index in [4.69, 9.17) is 27.9 Å². The SMILES string of the molecule is CCOC(=O)c1cc(O)c2cc(Cl)cc(Cl)c2c1. The molecule has 0 aliphatic rings. The van der Waals surface area contributed by atoms with Crippen molar-refractivity contribution >= 4 is 39.9 Å². The van der Waals surface area contributed by atoms with Gasteiger partial charge in [0.1, 0.15) is 5.75 Å². The third-order valence-electron chi connectivity index (χ3n) is 2.47. The summed E-state index contributed by atoms with van der Waals surface area (Å²) in [5.41, 5.74) is 0.256. The molecule has 5 heteroatoms. The highest BCUT2D eigenvalue weighted by Gasteiger charge is 2.13. The first-order chi connectivity index (χ1) is 8.52. The molecule has 0 saturated heterocycles. The molecule has 0 aromatic heterocycles. The van der Waals surface area contributed by atoms with Crippen molar-refractivity contribution in [3.8, 4) is 5.75 Å². The summed E-state index contributed by atoms with van der Waals surface area (Å²) in [6.07, 6.45) is 0. The lowest BCUT2D eigenvalue weighted by Crippen LogP contribution is -2.04. The Morgan fingerprint density at radius 2 is 1.94 bits per heavy atom. The minimum absolute atomic E-state index is 0.0556. The number of phenols is 1. The molecule has 0 spiro atoms. The highest BCUT2D eigenvalue weighted by molar-refractivity contribution is 6.39. The van der Waals surface area contributed by atoms with Gasteiger partial charge in [-0.3, -0.25) is 0 Å². The first kappa shape index (κ1) is 13.0. The summed E-state index contributed by atoms with van der Waals surface area (Å²) in [7, 11) is 0. The second-order valence-electron chi connectivity index (χ2n) is 3.70. The average Bonchev–Trinajstić information content (AvgIpc) is 2.30. The van der Waals surface area contributed by atoms with Crippen LogP contribution in [0.1, 0.15) is 17.3 Å². The minimum atomic E-state index is -0.499. The number of fused-ring (bicyclic) bond motifs is 1. The number of phenolic OH excluding ortho intramolecular Hbond substituents is 1. The zero-order valence-corrected chi connectivity index (χ0v) is 11.0. The molecule has 2 rings (SSSR count). The van der Waals surface area contributed by atoms with Crippen LogP contribution < -0.4 is 0 Å². The molecule has 0 bridgehead atoms. The second kappa shape index (κ2) is 5.04. The van der Waals surface area contributed by atoms with E-state index in [1.807, 2.05) is 0 Å². The van der Waals surface area contributed by atoms with E-state index in [9.17, 15) is 9.90 Å². The molecule has 0 atom stereocenters. The van der Waals surface area contributed by atoms with Crippen molar-refractivity contribution in [2.75, 3.05) is 6.61 Å². The van der Waals surface area contributed by atoms with Crippen LogP contribution in [0, 0.1) is 0 Å². The maximum atomic E-state index is 11.6. The van der Waals surface area contributed by atoms with Crippen LogP contribution >= 0.6 is 23.2 Å². The first-order valence-electron chi connectivity index (χ1n) is 5.32. The van der Waals surface area contributed by atoms with Crippen LogP contribution in [-0.2, 0) is 4.74 Å². The summed E-state index contributed by atoms with van der Waals surface area (Å²) in [5.74, 6) is -0.555. The lowest BCUT2D eigenvalue weighted by atomic mass is 10.1. The number of rotatable bonds is 2. The summed E-state index contributed by atoms with van der Waals surface area (Å²) in [4.78, 5) is 11.6. The molecule has 0 radical (unpaired) electrons. The van der Waals surface area contributed by atoms with Gasteiger partial charge in [0.2, 0.25) is 0 Å². The van der Waals surface area contributed by atoms with E-state index in [2.05, 4.69) is 0 Å². The molecule has 94 valence electrons. The van der Waals surface area contributed by atoms with Crippen LogP contribution in [-0.4, -0.2) is 17.7 Å². The summed E-state index contributed by atoms with van der Waals surface area (Å²) in [5, 5.41) is 11.7. The van der Waals surface area contributed by atoms with Gasteiger partial charge in [0.15, 0.2) is 0 Å². The van der Waals surface area contributed by atoms with E-state index in [0.29, 0.717) is 20.8 Å². The van der Waals surface area contributed by atoms with Gasteiger partial charge < -0.3 is 9.84 Å². The number of ether oxygens (including phenoxy) is 1. The zero-order chi connectivity index (χ0) is 13.3. The van der Waals surface area contributed by atoms with Crippen molar-refractivity contribution in [2.45, 2.75) is 6.92 Å². The van der Waals surface area contributed by atoms with Crippen molar-refractivity contribution in [3.63, 3.8) is 0 Å². The van der Waals surface area contributed by atoms with Gasteiger partial charge in [-0.25, -0.2) is 4.79 Å². The van der Waals surface area contributed by atoms with E-state index in [1.54, 1.807) is 25.1 Å². The lowest BCUT2D eigenvalue weighted by molar-refractivity contribution is 0.0526. The van der Waals surface area contributed by atoms with Gasteiger partial charge >= 0.3 is 5.97 Å². The van der Waals surface area contributed by atoms with Crippen LogP contribution in [0.15, 0.2) is 24.3 Å². The lowest BCUT2D eigenvalue weighted by Gasteiger charge is -2.08. The third-order valence-corrected chi connectivity index (χ3v) is 3.00. The second-order valence-corrected chi connectivity index (χ2v) is 4.54. The van der Waals surface area contributed by atoms with E-state index in [0.717, 1.165) is 0 Å².